The molecule has 5 rings (SSSR count). The normalized spacial score (nSPS) is 23.8. The number of benzene rings is 3. The van der Waals surface area contributed by atoms with Gasteiger partial charge in [0.15, 0.2) is 0 Å². The molecular weight excluding hydrogens is 593 g/mol. The van der Waals surface area contributed by atoms with E-state index in [-0.39, 0.29) is 15.6 Å². The van der Waals surface area contributed by atoms with Gasteiger partial charge < -0.3 is 20.9 Å². The molecule has 3 N–H and O–H groups in total. The molecule has 0 saturated carbocycles. The van der Waals surface area contributed by atoms with Gasteiger partial charge in [-0.1, -0.05) is 60.7 Å². The summed E-state index contributed by atoms with van der Waals surface area (Å²) in [5, 5.41) is 3.10. The lowest BCUT2D eigenvalue weighted by Crippen LogP contribution is -2.55. The number of hydrogen-bond donors (Lipinski definition) is 2. The predicted molar refractivity (Wildman–Crippen MR) is 160 cm³/mol. The standard InChI is InChI=1S/C20H20BrF3N2O.C12H18N2/c1-26-11-5-10-19(13-26,14-6-3-2-4-7-14)25-18(27)16-9-8-15(12-17(16)21)20(22,23)24;1-14-9-5-8-12(13,10-14)11-6-3-2-4-7-11/h2-4,6-9,12H,5,10-11,13H2,1H3,(H,25,27);2-4,6-7H,5,8-10,13H2,1H3. The first-order valence-corrected chi connectivity index (χ1v) is 14.7. The van der Waals surface area contributed by atoms with Gasteiger partial charge in [0, 0.05) is 17.6 Å². The van der Waals surface area contributed by atoms with Gasteiger partial charge >= 0.3 is 6.18 Å². The first kappa shape index (κ1) is 31.2. The Labute approximate surface area is 249 Å². The molecule has 2 heterocycles. The number of nitrogens with zero attached hydrogens (tertiary/aromatic N) is 2. The number of halogens is 4. The molecule has 2 saturated heterocycles. The number of hydrogen-bond acceptors (Lipinski definition) is 4. The van der Waals surface area contributed by atoms with Crippen molar-refractivity contribution >= 4 is 21.8 Å². The van der Waals surface area contributed by atoms with E-state index in [4.69, 9.17) is 5.73 Å². The van der Waals surface area contributed by atoms with E-state index < -0.39 is 23.2 Å². The van der Waals surface area contributed by atoms with Crippen LogP contribution in [0, 0.1) is 0 Å². The van der Waals surface area contributed by atoms with Crippen molar-refractivity contribution in [3.8, 4) is 0 Å². The molecule has 2 unspecified atom stereocenters. The molecule has 2 atom stereocenters. The largest absolute Gasteiger partial charge is 0.416 e. The van der Waals surface area contributed by atoms with Crippen LogP contribution in [0.5, 0.6) is 0 Å². The van der Waals surface area contributed by atoms with Crippen molar-refractivity contribution in [1.82, 2.24) is 15.1 Å². The van der Waals surface area contributed by atoms with Crippen LogP contribution in [0.4, 0.5) is 13.2 Å². The summed E-state index contributed by atoms with van der Waals surface area (Å²) in [6.45, 7) is 3.72. The van der Waals surface area contributed by atoms with Crippen LogP contribution in [-0.4, -0.2) is 56.0 Å². The van der Waals surface area contributed by atoms with E-state index in [0.29, 0.717) is 6.54 Å². The fourth-order valence-electron chi connectivity index (χ4n) is 5.91. The summed E-state index contributed by atoms with van der Waals surface area (Å²) in [5.41, 5.74) is 7.38. The maximum Gasteiger partial charge on any atom is 0.416 e. The minimum Gasteiger partial charge on any atom is -0.341 e. The molecular formula is C32H38BrF3N4O. The first-order valence-electron chi connectivity index (χ1n) is 13.9. The average Bonchev–Trinajstić information content (AvgIpc) is 2.94. The van der Waals surface area contributed by atoms with E-state index in [1.54, 1.807) is 0 Å². The van der Waals surface area contributed by atoms with E-state index in [0.717, 1.165) is 50.0 Å². The Balaban J connectivity index is 0.000000231. The molecule has 0 radical (unpaired) electrons. The Bertz CT molecular complexity index is 1310. The number of nitrogens with one attached hydrogen (secondary N) is 1. The SMILES string of the molecule is CN1CCCC(N)(c2ccccc2)C1.CN1CCCC(NC(=O)c2ccc(C(F)(F)F)cc2Br)(c2ccccc2)C1. The summed E-state index contributed by atoms with van der Waals surface area (Å²) in [6.07, 6.45) is -0.469. The predicted octanol–water partition coefficient (Wildman–Crippen LogP) is 6.39. The van der Waals surface area contributed by atoms with Crippen LogP contribution in [0.25, 0.3) is 0 Å². The minimum absolute atomic E-state index is 0.127. The van der Waals surface area contributed by atoms with E-state index in [9.17, 15) is 18.0 Å². The quantitative estimate of drug-likeness (QED) is 0.351. The van der Waals surface area contributed by atoms with Crippen LogP contribution >= 0.6 is 15.9 Å². The molecule has 0 spiro atoms. The van der Waals surface area contributed by atoms with Gasteiger partial charge in [0.25, 0.3) is 5.91 Å². The smallest absolute Gasteiger partial charge is 0.341 e. The monoisotopic (exact) mass is 630 g/mol. The summed E-state index contributed by atoms with van der Waals surface area (Å²) >= 11 is 3.12. The number of likely N-dealkylation sites (tertiary alicyclic amines) is 2. The molecule has 1 amide bonds. The molecule has 41 heavy (non-hydrogen) atoms. The van der Waals surface area contributed by atoms with Crippen LogP contribution in [0.3, 0.4) is 0 Å². The summed E-state index contributed by atoms with van der Waals surface area (Å²) in [7, 11) is 4.14. The molecule has 0 aliphatic carbocycles. The van der Waals surface area contributed by atoms with Crippen molar-refractivity contribution in [3.05, 3.63) is 106 Å². The topological polar surface area (TPSA) is 61.6 Å². The van der Waals surface area contributed by atoms with Crippen molar-refractivity contribution in [2.75, 3.05) is 40.3 Å². The number of alkyl halides is 3. The van der Waals surface area contributed by atoms with Crippen LogP contribution < -0.4 is 11.1 Å². The van der Waals surface area contributed by atoms with E-state index >= 15 is 0 Å². The second-order valence-electron chi connectivity index (χ2n) is 11.3. The number of nitrogens with two attached hydrogens (primary N) is 1. The van der Waals surface area contributed by atoms with Crippen molar-refractivity contribution in [1.29, 1.82) is 0 Å². The zero-order valence-electron chi connectivity index (χ0n) is 23.6. The first-order chi connectivity index (χ1) is 19.4. The highest BCUT2D eigenvalue weighted by atomic mass is 79.9. The van der Waals surface area contributed by atoms with Crippen LogP contribution in [0.2, 0.25) is 0 Å². The molecule has 0 aromatic heterocycles. The van der Waals surface area contributed by atoms with E-state index in [1.807, 2.05) is 43.4 Å². The van der Waals surface area contributed by atoms with Crippen molar-refractivity contribution in [2.24, 2.45) is 5.73 Å². The Kier molecular flexibility index (Phi) is 9.95. The lowest BCUT2D eigenvalue weighted by molar-refractivity contribution is -0.137. The number of carbonyl (C=O) groups excluding carboxylic acids is 1. The molecule has 3 aromatic rings. The molecule has 2 aliphatic heterocycles. The maximum atomic E-state index is 12.9. The third kappa shape index (κ3) is 7.77. The summed E-state index contributed by atoms with van der Waals surface area (Å²) in [5.74, 6) is -0.394. The average molecular weight is 632 g/mol. The van der Waals surface area contributed by atoms with Gasteiger partial charge in [0.2, 0.25) is 0 Å². The fraction of sp³-hybridized carbons (Fsp3) is 0.406. The second-order valence-corrected chi connectivity index (χ2v) is 12.2. The molecule has 3 aromatic carbocycles. The lowest BCUT2D eigenvalue weighted by atomic mass is 9.82. The highest BCUT2D eigenvalue weighted by Crippen LogP contribution is 2.35. The van der Waals surface area contributed by atoms with Crippen LogP contribution in [0.1, 0.15) is 52.7 Å². The van der Waals surface area contributed by atoms with Gasteiger partial charge in [-0.15, -0.1) is 0 Å². The van der Waals surface area contributed by atoms with Gasteiger partial charge in [-0.25, -0.2) is 0 Å². The third-order valence-electron chi connectivity index (χ3n) is 7.97. The molecule has 5 nitrogen and oxygen atoms in total. The summed E-state index contributed by atoms with van der Waals surface area (Å²) < 4.78 is 38.7. The van der Waals surface area contributed by atoms with E-state index in [2.05, 4.69) is 62.4 Å². The van der Waals surface area contributed by atoms with Crippen LogP contribution in [0.15, 0.2) is 83.3 Å². The van der Waals surface area contributed by atoms with Crippen molar-refractivity contribution in [2.45, 2.75) is 42.9 Å². The summed E-state index contributed by atoms with van der Waals surface area (Å²) in [4.78, 5) is 17.4. The van der Waals surface area contributed by atoms with Gasteiger partial charge in [-0.3, -0.25) is 4.79 Å². The zero-order chi connectivity index (χ0) is 29.7. The second kappa shape index (κ2) is 13.1. The van der Waals surface area contributed by atoms with Gasteiger partial charge in [-0.2, -0.15) is 13.2 Å². The molecule has 0 bridgehead atoms. The Hall–Kier alpha value is -2.72. The zero-order valence-corrected chi connectivity index (χ0v) is 25.1. The molecule has 220 valence electrons. The molecule has 2 fully saturated rings. The highest BCUT2D eigenvalue weighted by molar-refractivity contribution is 9.10. The molecule has 9 heteroatoms. The van der Waals surface area contributed by atoms with Gasteiger partial charge in [0.1, 0.15) is 0 Å². The maximum absolute atomic E-state index is 12.9. The Morgan fingerprint density at radius 2 is 1.41 bits per heavy atom. The number of carbonyl (C=O) groups is 1. The number of likely N-dealkylation sites (N-methyl/N-ethyl adjacent to an activating group) is 2. The van der Waals surface area contributed by atoms with Gasteiger partial charge in [-0.05, 0) is 98.1 Å². The number of amides is 1. The van der Waals surface area contributed by atoms with Crippen LogP contribution in [-0.2, 0) is 17.3 Å². The van der Waals surface area contributed by atoms with Crippen molar-refractivity contribution < 1.29 is 18.0 Å². The lowest BCUT2D eigenvalue weighted by Gasteiger charge is -2.42. The van der Waals surface area contributed by atoms with Crippen molar-refractivity contribution in [3.63, 3.8) is 0 Å². The summed E-state index contributed by atoms with van der Waals surface area (Å²) in [6, 6.07) is 23.2. The minimum atomic E-state index is -4.45. The fourth-order valence-corrected chi connectivity index (χ4v) is 6.47. The van der Waals surface area contributed by atoms with E-state index in [1.165, 1.54) is 24.6 Å². The van der Waals surface area contributed by atoms with Gasteiger partial charge in [0.05, 0.1) is 22.2 Å². The third-order valence-corrected chi connectivity index (χ3v) is 8.62. The number of piperidine rings is 2. The highest BCUT2D eigenvalue weighted by Gasteiger charge is 2.38. The Morgan fingerprint density at radius 3 is 1.95 bits per heavy atom. The number of rotatable bonds is 4. The Morgan fingerprint density at radius 1 is 0.854 bits per heavy atom. The molecule has 2 aliphatic rings.